The number of methoxy groups -OCH3 is 1. The Morgan fingerprint density at radius 1 is 1.33 bits per heavy atom. The number of β-amino-alcohol motifs (C(OH)–C–C–N with tert-alkyl or cyclic N) is 1. The molecule has 0 saturated carbocycles. The number of carbonyl (C=O) groups is 2. The number of piperidine rings is 1. The average molecular weight is 450 g/mol. The Labute approximate surface area is 192 Å². The van der Waals surface area contributed by atoms with Crippen LogP contribution in [0.2, 0.25) is 0 Å². The van der Waals surface area contributed by atoms with Crippen LogP contribution in [-0.4, -0.2) is 54.7 Å². The van der Waals surface area contributed by atoms with Crippen molar-refractivity contribution in [1.82, 2.24) is 10.2 Å². The second kappa shape index (κ2) is 9.61. The maximum absolute atomic E-state index is 12.6. The number of hydrogen-bond donors (Lipinski definition) is 2. The summed E-state index contributed by atoms with van der Waals surface area (Å²) in [5.74, 6) is -0.0754. The SMILES string of the molecule is COc1ccc(C(=O)NC2CCN(CC(O)c3ccc4c(c3C)COC4=O)CC2)cc1C#N. The van der Waals surface area contributed by atoms with Gasteiger partial charge in [0.25, 0.3) is 5.91 Å². The van der Waals surface area contributed by atoms with Gasteiger partial charge in [0, 0.05) is 36.8 Å². The van der Waals surface area contributed by atoms with Gasteiger partial charge in [0.1, 0.15) is 18.4 Å². The largest absolute Gasteiger partial charge is 0.495 e. The van der Waals surface area contributed by atoms with Crippen molar-refractivity contribution in [3.8, 4) is 11.8 Å². The first-order valence-electron chi connectivity index (χ1n) is 11.0. The standard InChI is InChI=1S/C25H27N3O5/c1-15-19(4-5-20-21(15)14-33-25(20)31)22(29)13-28-9-7-18(8-10-28)27-24(30)16-3-6-23(32-2)17(11-16)12-26/h3-6,11,18,22,29H,7-10,13-14H2,1-2H3,(H,27,30). The number of ether oxygens (including phenoxy) is 2. The molecule has 1 unspecified atom stereocenters. The van der Waals surface area contributed by atoms with Crippen molar-refractivity contribution >= 4 is 11.9 Å². The normalized spacial score (nSPS) is 17.1. The van der Waals surface area contributed by atoms with Crippen LogP contribution < -0.4 is 10.1 Å². The summed E-state index contributed by atoms with van der Waals surface area (Å²) < 4.78 is 10.2. The zero-order valence-electron chi connectivity index (χ0n) is 18.8. The maximum atomic E-state index is 12.6. The van der Waals surface area contributed by atoms with Crippen LogP contribution in [0.4, 0.5) is 0 Å². The quantitative estimate of drug-likeness (QED) is 0.652. The molecule has 172 valence electrons. The Morgan fingerprint density at radius 3 is 2.79 bits per heavy atom. The fraction of sp³-hybridized carbons (Fsp3) is 0.400. The van der Waals surface area contributed by atoms with Gasteiger partial charge < -0.3 is 24.8 Å². The Balaban J connectivity index is 1.31. The van der Waals surface area contributed by atoms with Gasteiger partial charge in [-0.05, 0) is 55.2 Å². The molecule has 0 bridgehead atoms. The Kier molecular flexibility index (Phi) is 6.63. The lowest BCUT2D eigenvalue weighted by Gasteiger charge is -2.33. The number of aliphatic hydroxyl groups excluding tert-OH is 1. The molecule has 2 aromatic carbocycles. The number of aliphatic hydroxyl groups is 1. The highest BCUT2D eigenvalue weighted by Gasteiger charge is 2.27. The van der Waals surface area contributed by atoms with Crippen LogP contribution in [0, 0.1) is 18.3 Å². The van der Waals surface area contributed by atoms with E-state index >= 15 is 0 Å². The Hall–Kier alpha value is -3.41. The average Bonchev–Trinajstić information content (AvgIpc) is 3.21. The molecule has 1 saturated heterocycles. The third kappa shape index (κ3) is 4.70. The van der Waals surface area contributed by atoms with Crippen molar-refractivity contribution in [3.05, 3.63) is 63.7 Å². The third-order valence-corrected chi connectivity index (χ3v) is 6.50. The number of carbonyl (C=O) groups excluding carboxylic acids is 2. The van der Waals surface area contributed by atoms with E-state index in [1.165, 1.54) is 13.2 Å². The van der Waals surface area contributed by atoms with Crippen molar-refractivity contribution in [2.24, 2.45) is 0 Å². The summed E-state index contributed by atoms with van der Waals surface area (Å²) in [6, 6.07) is 10.4. The van der Waals surface area contributed by atoms with Gasteiger partial charge in [-0.25, -0.2) is 4.79 Å². The molecule has 1 amide bonds. The molecular weight excluding hydrogens is 422 g/mol. The summed E-state index contributed by atoms with van der Waals surface area (Å²) in [4.78, 5) is 26.5. The van der Waals surface area contributed by atoms with Crippen LogP contribution in [0.5, 0.6) is 5.75 Å². The van der Waals surface area contributed by atoms with Gasteiger partial charge in [-0.2, -0.15) is 5.26 Å². The van der Waals surface area contributed by atoms with Crippen molar-refractivity contribution in [2.45, 2.75) is 38.5 Å². The number of benzene rings is 2. The van der Waals surface area contributed by atoms with E-state index in [1.807, 2.05) is 19.1 Å². The number of likely N-dealkylation sites (tertiary alicyclic amines) is 1. The first-order chi connectivity index (χ1) is 15.9. The minimum Gasteiger partial charge on any atom is -0.495 e. The molecule has 0 aromatic heterocycles. The van der Waals surface area contributed by atoms with Gasteiger partial charge in [0.15, 0.2) is 0 Å². The number of nitrogens with one attached hydrogen (secondary N) is 1. The van der Waals surface area contributed by atoms with Crippen LogP contribution in [0.15, 0.2) is 30.3 Å². The lowest BCUT2D eigenvalue weighted by molar-refractivity contribution is 0.0534. The number of nitriles is 1. The smallest absolute Gasteiger partial charge is 0.338 e. The lowest BCUT2D eigenvalue weighted by atomic mass is 9.94. The molecule has 33 heavy (non-hydrogen) atoms. The van der Waals surface area contributed by atoms with Crippen LogP contribution in [-0.2, 0) is 11.3 Å². The Morgan fingerprint density at radius 2 is 2.09 bits per heavy atom. The van der Waals surface area contributed by atoms with Crippen LogP contribution in [0.3, 0.4) is 0 Å². The number of hydrogen-bond acceptors (Lipinski definition) is 7. The highest BCUT2D eigenvalue weighted by Crippen LogP contribution is 2.30. The second-order valence-electron chi connectivity index (χ2n) is 8.47. The second-order valence-corrected chi connectivity index (χ2v) is 8.47. The van der Waals surface area contributed by atoms with Gasteiger partial charge >= 0.3 is 5.97 Å². The molecule has 8 nitrogen and oxygen atoms in total. The predicted molar refractivity (Wildman–Crippen MR) is 120 cm³/mol. The van der Waals surface area contributed by atoms with Crippen molar-refractivity contribution in [1.29, 1.82) is 5.26 Å². The summed E-state index contributed by atoms with van der Waals surface area (Å²) in [7, 11) is 1.49. The minimum absolute atomic E-state index is 0.0309. The highest BCUT2D eigenvalue weighted by atomic mass is 16.5. The summed E-state index contributed by atoms with van der Waals surface area (Å²) in [6.07, 6.45) is 0.872. The summed E-state index contributed by atoms with van der Waals surface area (Å²) in [5, 5.41) is 23.1. The molecule has 0 spiro atoms. The molecule has 8 heteroatoms. The Bertz CT molecular complexity index is 1120. The van der Waals surface area contributed by atoms with Crippen molar-refractivity contribution < 1.29 is 24.2 Å². The molecule has 2 N–H and O–H groups in total. The number of rotatable bonds is 6. The lowest BCUT2D eigenvalue weighted by Crippen LogP contribution is -2.45. The number of cyclic esters (lactones) is 1. The van der Waals surface area contributed by atoms with Crippen LogP contribution >= 0.6 is 0 Å². The molecule has 2 aliphatic rings. The van der Waals surface area contributed by atoms with E-state index in [9.17, 15) is 20.0 Å². The van der Waals surface area contributed by atoms with E-state index in [0.29, 0.717) is 29.0 Å². The van der Waals surface area contributed by atoms with Gasteiger partial charge in [0.05, 0.1) is 24.3 Å². The van der Waals surface area contributed by atoms with Gasteiger partial charge in [-0.15, -0.1) is 0 Å². The maximum Gasteiger partial charge on any atom is 0.338 e. The molecule has 2 aromatic rings. The number of nitrogens with zero attached hydrogens (tertiary/aromatic N) is 2. The zero-order chi connectivity index (χ0) is 23.5. The molecule has 4 rings (SSSR count). The van der Waals surface area contributed by atoms with Crippen molar-refractivity contribution in [3.63, 3.8) is 0 Å². The molecular formula is C25H27N3O5. The van der Waals surface area contributed by atoms with E-state index in [4.69, 9.17) is 9.47 Å². The van der Waals surface area contributed by atoms with E-state index in [-0.39, 0.29) is 24.5 Å². The molecule has 1 atom stereocenters. The first kappa shape index (κ1) is 22.8. The fourth-order valence-corrected chi connectivity index (χ4v) is 4.54. The number of amides is 1. The summed E-state index contributed by atoms with van der Waals surface area (Å²) >= 11 is 0. The monoisotopic (exact) mass is 449 g/mol. The topological polar surface area (TPSA) is 112 Å². The molecule has 0 aliphatic carbocycles. The third-order valence-electron chi connectivity index (χ3n) is 6.50. The predicted octanol–water partition coefficient (Wildman–Crippen LogP) is 2.47. The molecule has 2 aliphatic heterocycles. The summed E-state index contributed by atoms with van der Waals surface area (Å²) in [6.45, 7) is 4.16. The summed E-state index contributed by atoms with van der Waals surface area (Å²) in [5.41, 5.74) is 3.92. The van der Waals surface area contributed by atoms with Gasteiger partial charge in [-0.1, -0.05) is 6.07 Å². The van der Waals surface area contributed by atoms with E-state index in [1.54, 1.807) is 18.2 Å². The fourth-order valence-electron chi connectivity index (χ4n) is 4.54. The molecule has 0 radical (unpaired) electrons. The van der Waals surface area contributed by atoms with E-state index in [0.717, 1.165) is 42.6 Å². The van der Waals surface area contributed by atoms with Crippen molar-refractivity contribution in [2.75, 3.05) is 26.7 Å². The van der Waals surface area contributed by atoms with Gasteiger partial charge in [0.2, 0.25) is 0 Å². The first-order valence-corrected chi connectivity index (χ1v) is 11.0. The van der Waals surface area contributed by atoms with Crippen LogP contribution in [0.25, 0.3) is 0 Å². The molecule has 2 heterocycles. The van der Waals surface area contributed by atoms with Gasteiger partial charge in [-0.3, -0.25) is 4.79 Å². The highest BCUT2D eigenvalue weighted by molar-refractivity contribution is 5.95. The van der Waals surface area contributed by atoms with E-state index < -0.39 is 6.10 Å². The van der Waals surface area contributed by atoms with Crippen LogP contribution in [0.1, 0.15) is 61.9 Å². The van der Waals surface area contributed by atoms with E-state index in [2.05, 4.69) is 10.2 Å². The number of esters is 1. The zero-order valence-corrected chi connectivity index (χ0v) is 18.8. The minimum atomic E-state index is -0.666. The number of fused-ring (bicyclic) bond motifs is 1. The molecule has 1 fully saturated rings.